The van der Waals surface area contributed by atoms with E-state index in [4.69, 9.17) is 9.47 Å². The number of carbonyl (C=O) groups excluding carboxylic acids is 1. The number of methoxy groups -OCH3 is 1. The van der Waals surface area contributed by atoms with Crippen molar-refractivity contribution < 1.29 is 14.3 Å². The minimum absolute atomic E-state index is 0.0184. The monoisotopic (exact) mass is 396 g/mol. The number of para-hydroxylation sites is 1. The smallest absolute Gasteiger partial charge is 0.223 e. The molecule has 5 heteroatoms. The Morgan fingerprint density at radius 3 is 2.41 bits per heavy atom. The molecule has 3 rings (SSSR count). The van der Waals surface area contributed by atoms with Crippen LogP contribution in [0.4, 0.5) is 0 Å². The van der Waals surface area contributed by atoms with E-state index >= 15 is 0 Å². The molecule has 1 heterocycles. The van der Waals surface area contributed by atoms with Gasteiger partial charge in [0.2, 0.25) is 5.91 Å². The van der Waals surface area contributed by atoms with Crippen LogP contribution in [0.5, 0.6) is 11.5 Å². The van der Waals surface area contributed by atoms with Crippen molar-refractivity contribution >= 4 is 5.91 Å². The van der Waals surface area contributed by atoms with Gasteiger partial charge in [0.05, 0.1) is 26.2 Å². The minimum atomic E-state index is 0.0184. The fourth-order valence-corrected chi connectivity index (χ4v) is 3.70. The highest BCUT2D eigenvalue weighted by Gasteiger charge is 2.25. The summed E-state index contributed by atoms with van der Waals surface area (Å²) in [7, 11) is 1.68. The molecule has 2 aromatic carbocycles. The number of hydrogen-bond acceptors (Lipinski definition) is 4. The quantitative estimate of drug-likeness (QED) is 0.695. The summed E-state index contributed by atoms with van der Waals surface area (Å²) < 4.78 is 10.9. The highest BCUT2D eigenvalue weighted by Crippen LogP contribution is 2.27. The normalized spacial score (nSPS) is 16.2. The summed E-state index contributed by atoms with van der Waals surface area (Å²) in [6.07, 6.45) is 2.75. The Kier molecular flexibility index (Phi) is 7.94. The van der Waals surface area contributed by atoms with Gasteiger partial charge in [0, 0.05) is 6.54 Å². The summed E-state index contributed by atoms with van der Waals surface area (Å²) in [5.41, 5.74) is 1.21. The number of piperidine rings is 1. The van der Waals surface area contributed by atoms with Crippen LogP contribution in [0, 0.1) is 5.92 Å². The lowest BCUT2D eigenvalue weighted by molar-refractivity contribution is -0.121. The first-order chi connectivity index (χ1) is 14.2. The van der Waals surface area contributed by atoms with E-state index in [9.17, 15) is 4.79 Å². The highest BCUT2D eigenvalue weighted by molar-refractivity contribution is 5.76. The molecule has 2 aromatic rings. The van der Waals surface area contributed by atoms with Crippen molar-refractivity contribution in [2.75, 3.05) is 33.4 Å². The molecule has 1 unspecified atom stereocenters. The first kappa shape index (κ1) is 21.2. The summed E-state index contributed by atoms with van der Waals surface area (Å²) in [5, 5.41) is 3.11. The summed E-state index contributed by atoms with van der Waals surface area (Å²) in [5.74, 6) is 2.43. The van der Waals surface area contributed by atoms with E-state index < -0.39 is 0 Å². The first-order valence-electron chi connectivity index (χ1n) is 10.5. The molecule has 1 aliphatic heterocycles. The Hall–Kier alpha value is -2.53. The maximum absolute atomic E-state index is 12.4. The molecule has 0 saturated carbocycles. The van der Waals surface area contributed by atoms with Crippen LogP contribution in [-0.2, 0) is 4.79 Å². The molecular formula is C24H32N2O3. The fourth-order valence-electron chi connectivity index (χ4n) is 3.70. The van der Waals surface area contributed by atoms with Crippen molar-refractivity contribution in [1.82, 2.24) is 10.2 Å². The predicted molar refractivity (Wildman–Crippen MR) is 115 cm³/mol. The topological polar surface area (TPSA) is 50.8 Å². The Balaban J connectivity index is 1.55. The van der Waals surface area contributed by atoms with Gasteiger partial charge in [0.15, 0.2) is 0 Å². The van der Waals surface area contributed by atoms with Gasteiger partial charge in [-0.3, -0.25) is 9.69 Å². The molecule has 1 fully saturated rings. The summed E-state index contributed by atoms with van der Waals surface area (Å²) in [6, 6.07) is 18.0. The molecule has 29 heavy (non-hydrogen) atoms. The minimum Gasteiger partial charge on any atom is -0.497 e. The zero-order chi connectivity index (χ0) is 20.5. The lowest BCUT2D eigenvalue weighted by Crippen LogP contribution is -2.42. The maximum atomic E-state index is 12.4. The van der Waals surface area contributed by atoms with Crippen LogP contribution in [0.1, 0.15) is 37.8 Å². The number of nitrogens with zero attached hydrogens (tertiary/aromatic N) is 1. The fraction of sp³-hybridized carbons (Fsp3) is 0.458. The van der Waals surface area contributed by atoms with E-state index in [0.717, 1.165) is 30.5 Å². The summed E-state index contributed by atoms with van der Waals surface area (Å²) in [4.78, 5) is 14.9. The molecule has 1 saturated heterocycles. The average Bonchev–Trinajstić information content (AvgIpc) is 2.76. The summed E-state index contributed by atoms with van der Waals surface area (Å²) >= 11 is 0. The molecule has 1 amide bonds. The van der Waals surface area contributed by atoms with Gasteiger partial charge in [0.1, 0.15) is 11.5 Å². The average molecular weight is 397 g/mol. The molecule has 0 bridgehead atoms. The van der Waals surface area contributed by atoms with E-state index in [-0.39, 0.29) is 11.9 Å². The van der Waals surface area contributed by atoms with Crippen molar-refractivity contribution in [3.63, 3.8) is 0 Å². The third-order valence-electron chi connectivity index (χ3n) is 5.59. The van der Waals surface area contributed by atoms with Crippen LogP contribution in [0.2, 0.25) is 0 Å². The number of likely N-dealkylation sites (tertiary alicyclic amines) is 1. The standard InChI is InChI=1S/C24H32N2O3/c1-19-12-15-26(16-13-19)23(20-8-10-21(28-2)11-9-20)18-25-24(27)14-17-29-22-6-4-3-5-7-22/h3-11,19,23H,12-18H2,1-2H3,(H,25,27). The SMILES string of the molecule is COc1ccc(C(CNC(=O)CCOc2ccccc2)N2CCC(C)CC2)cc1. The largest absolute Gasteiger partial charge is 0.497 e. The van der Waals surface area contributed by atoms with Crippen molar-refractivity contribution in [1.29, 1.82) is 0 Å². The number of rotatable bonds is 9. The van der Waals surface area contributed by atoms with Crippen molar-refractivity contribution in [2.24, 2.45) is 5.92 Å². The number of benzene rings is 2. The van der Waals surface area contributed by atoms with Crippen molar-refractivity contribution in [2.45, 2.75) is 32.2 Å². The molecular weight excluding hydrogens is 364 g/mol. The van der Waals surface area contributed by atoms with E-state index in [1.54, 1.807) is 7.11 Å². The van der Waals surface area contributed by atoms with E-state index in [1.807, 2.05) is 42.5 Å². The third-order valence-corrected chi connectivity index (χ3v) is 5.59. The zero-order valence-corrected chi connectivity index (χ0v) is 17.5. The molecule has 156 valence electrons. The van der Waals surface area contributed by atoms with E-state index in [2.05, 4.69) is 29.3 Å². The number of amides is 1. The molecule has 1 N–H and O–H groups in total. The Morgan fingerprint density at radius 2 is 1.76 bits per heavy atom. The van der Waals surface area contributed by atoms with Gasteiger partial charge in [-0.05, 0) is 61.7 Å². The molecule has 1 atom stereocenters. The van der Waals surface area contributed by atoms with Crippen LogP contribution in [0.25, 0.3) is 0 Å². The molecule has 0 aliphatic carbocycles. The van der Waals surface area contributed by atoms with E-state index in [1.165, 1.54) is 18.4 Å². The molecule has 0 spiro atoms. The van der Waals surface area contributed by atoms with Gasteiger partial charge in [-0.2, -0.15) is 0 Å². The maximum Gasteiger partial charge on any atom is 0.223 e. The third kappa shape index (κ3) is 6.50. The van der Waals surface area contributed by atoms with Crippen LogP contribution < -0.4 is 14.8 Å². The zero-order valence-electron chi connectivity index (χ0n) is 17.5. The lowest BCUT2D eigenvalue weighted by atomic mass is 9.95. The second kappa shape index (κ2) is 10.9. The second-order valence-electron chi connectivity index (χ2n) is 7.72. The van der Waals surface area contributed by atoms with Crippen LogP contribution in [0.3, 0.4) is 0 Å². The first-order valence-corrected chi connectivity index (χ1v) is 10.5. The van der Waals surface area contributed by atoms with Gasteiger partial charge in [-0.1, -0.05) is 37.3 Å². The van der Waals surface area contributed by atoms with Crippen LogP contribution in [-0.4, -0.2) is 44.2 Å². The van der Waals surface area contributed by atoms with Gasteiger partial charge >= 0.3 is 0 Å². The van der Waals surface area contributed by atoms with Gasteiger partial charge in [0.25, 0.3) is 0 Å². The Bertz CT molecular complexity index is 740. The lowest BCUT2D eigenvalue weighted by Gasteiger charge is -2.37. The van der Waals surface area contributed by atoms with Gasteiger partial charge in [-0.25, -0.2) is 0 Å². The van der Waals surface area contributed by atoms with Gasteiger partial charge in [-0.15, -0.1) is 0 Å². The molecule has 0 radical (unpaired) electrons. The number of carbonyl (C=O) groups is 1. The summed E-state index contributed by atoms with van der Waals surface area (Å²) in [6.45, 7) is 5.42. The van der Waals surface area contributed by atoms with Crippen molar-refractivity contribution in [3.05, 3.63) is 60.2 Å². The van der Waals surface area contributed by atoms with Crippen LogP contribution >= 0.6 is 0 Å². The van der Waals surface area contributed by atoms with Crippen LogP contribution in [0.15, 0.2) is 54.6 Å². The molecule has 1 aliphatic rings. The molecule has 0 aromatic heterocycles. The second-order valence-corrected chi connectivity index (χ2v) is 7.72. The van der Waals surface area contributed by atoms with E-state index in [0.29, 0.717) is 19.6 Å². The Morgan fingerprint density at radius 1 is 1.07 bits per heavy atom. The number of hydrogen-bond donors (Lipinski definition) is 1. The molecule has 5 nitrogen and oxygen atoms in total. The van der Waals surface area contributed by atoms with Crippen molar-refractivity contribution in [3.8, 4) is 11.5 Å². The number of nitrogens with one attached hydrogen (secondary N) is 1. The highest BCUT2D eigenvalue weighted by atomic mass is 16.5. The Labute approximate surface area is 174 Å². The number of ether oxygens (including phenoxy) is 2. The predicted octanol–water partition coefficient (Wildman–Crippen LogP) is 4.05. The van der Waals surface area contributed by atoms with Gasteiger partial charge < -0.3 is 14.8 Å².